The van der Waals surface area contributed by atoms with Crippen molar-refractivity contribution < 1.29 is 14.6 Å². The van der Waals surface area contributed by atoms with E-state index in [-0.39, 0.29) is 12.5 Å². The Morgan fingerprint density at radius 3 is 2.79 bits per heavy atom. The third-order valence-electron chi connectivity index (χ3n) is 1.86. The summed E-state index contributed by atoms with van der Waals surface area (Å²) in [6, 6.07) is 0. The summed E-state index contributed by atoms with van der Waals surface area (Å²) < 4.78 is 4.92. The van der Waals surface area contributed by atoms with Gasteiger partial charge in [-0.05, 0) is 6.54 Å². The van der Waals surface area contributed by atoms with Crippen LogP contribution in [0, 0.1) is 0 Å². The molecule has 84 valence electrons. The molecular weight excluding hydrogens is 184 g/mol. The van der Waals surface area contributed by atoms with Gasteiger partial charge in [-0.3, -0.25) is 9.69 Å². The molecule has 0 aromatic carbocycles. The van der Waals surface area contributed by atoms with Crippen LogP contribution in [-0.2, 0) is 9.53 Å². The monoisotopic (exact) mass is 204 g/mol. The molecule has 0 aliphatic heterocycles. The van der Waals surface area contributed by atoms with E-state index < -0.39 is 0 Å². The number of hydrogen-bond donors (Lipinski definition) is 2. The molecule has 14 heavy (non-hydrogen) atoms. The van der Waals surface area contributed by atoms with Gasteiger partial charge in [0, 0.05) is 20.2 Å². The van der Waals surface area contributed by atoms with Crippen LogP contribution in [0.15, 0.2) is 0 Å². The van der Waals surface area contributed by atoms with Gasteiger partial charge in [-0.1, -0.05) is 6.92 Å². The largest absolute Gasteiger partial charge is 0.395 e. The van der Waals surface area contributed by atoms with Gasteiger partial charge in [-0.2, -0.15) is 0 Å². The van der Waals surface area contributed by atoms with E-state index in [0.717, 1.165) is 13.1 Å². The van der Waals surface area contributed by atoms with Crippen molar-refractivity contribution in [3.63, 3.8) is 0 Å². The van der Waals surface area contributed by atoms with Gasteiger partial charge in [0.15, 0.2) is 0 Å². The lowest BCUT2D eigenvalue weighted by Crippen LogP contribution is -2.39. The number of methoxy groups -OCH3 is 1. The maximum atomic E-state index is 11.2. The zero-order valence-electron chi connectivity index (χ0n) is 8.95. The molecule has 0 atom stereocenters. The molecule has 0 aliphatic carbocycles. The lowest BCUT2D eigenvalue weighted by molar-refractivity contribution is -0.122. The van der Waals surface area contributed by atoms with Crippen LogP contribution in [0.5, 0.6) is 0 Å². The lowest BCUT2D eigenvalue weighted by Gasteiger charge is -2.18. The van der Waals surface area contributed by atoms with Crippen LogP contribution < -0.4 is 5.32 Å². The Labute approximate surface area is 85.0 Å². The molecule has 0 saturated heterocycles. The van der Waals surface area contributed by atoms with Gasteiger partial charge in [-0.15, -0.1) is 0 Å². The highest BCUT2D eigenvalue weighted by Gasteiger charge is 2.07. The molecule has 0 aliphatic rings. The van der Waals surface area contributed by atoms with Gasteiger partial charge in [0.1, 0.15) is 0 Å². The van der Waals surface area contributed by atoms with Crippen LogP contribution in [0.1, 0.15) is 6.92 Å². The second-order valence-electron chi connectivity index (χ2n) is 2.94. The third-order valence-corrected chi connectivity index (χ3v) is 1.86. The molecule has 0 aromatic heterocycles. The molecule has 0 spiro atoms. The van der Waals surface area contributed by atoms with Crippen molar-refractivity contribution in [2.75, 3.05) is 46.5 Å². The first-order valence-electron chi connectivity index (χ1n) is 4.83. The highest BCUT2D eigenvalue weighted by atomic mass is 16.5. The van der Waals surface area contributed by atoms with Crippen molar-refractivity contribution in [2.45, 2.75) is 6.92 Å². The van der Waals surface area contributed by atoms with Gasteiger partial charge in [-0.25, -0.2) is 0 Å². The van der Waals surface area contributed by atoms with Crippen LogP contribution in [0.3, 0.4) is 0 Å². The van der Waals surface area contributed by atoms with Gasteiger partial charge < -0.3 is 15.2 Å². The standard InChI is InChI=1S/C9H20N2O3/c1-3-11(5-7-14-2)8-9(13)10-4-6-12/h12H,3-8H2,1-2H3,(H,10,13). The Balaban J connectivity index is 3.62. The summed E-state index contributed by atoms with van der Waals surface area (Å²) in [5.41, 5.74) is 0. The second kappa shape index (κ2) is 8.93. The van der Waals surface area contributed by atoms with Crippen LogP contribution in [0.4, 0.5) is 0 Å². The van der Waals surface area contributed by atoms with Crippen molar-refractivity contribution in [3.05, 3.63) is 0 Å². The molecule has 0 bridgehead atoms. The highest BCUT2D eigenvalue weighted by Crippen LogP contribution is 1.87. The summed E-state index contributed by atoms with van der Waals surface area (Å²) in [5.74, 6) is -0.0583. The number of hydrogen-bond acceptors (Lipinski definition) is 4. The molecule has 2 N–H and O–H groups in total. The molecule has 0 fully saturated rings. The van der Waals surface area contributed by atoms with Crippen LogP contribution in [-0.4, -0.2) is 62.4 Å². The molecule has 0 saturated carbocycles. The average molecular weight is 204 g/mol. The summed E-state index contributed by atoms with van der Waals surface area (Å²) >= 11 is 0. The fraction of sp³-hybridized carbons (Fsp3) is 0.889. The number of ether oxygens (including phenoxy) is 1. The number of nitrogens with zero attached hydrogens (tertiary/aromatic N) is 1. The maximum Gasteiger partial charge on any atom is 0.234 e. The smallest absolute Gasteiger partial charge is 0.234 e. The lowest BCUT2D eigenvalue weighted by atomic mass is 10.4. The first kappa shape index (κ1) is 13.4. The zero-order valence-corrected chi connectivity index (χ0v) is 8.95. The first-order valence-corrected chi connectivity index (χ1v) is 4.83. The van der Waals surface area contributed by atoms with Gasteiger partial charge in [0.2, 0.25) is 5.91 Å². The number of carbonyl (C=O) groups excluding carboxylic acids is 1. The number of aliphatic hydroxyl groups is 1. The van der Waals surface area contributed by atoms with Crippen molar-refractivity contribution in [1.82, 2.24) is 10.2 Å². The normalized spacial score (nSPS) is 10.6. The molecule has 0 unspecified atom stereocenters. The predicted molar refractivity (Wildman–Crippen MR) is 54.1 cm³/mol. The van der Waals surface area contributed by atoms with E-state index in [1.165, 1.54) is 0 Å². The molecule has 1 amide bonds. The number of rotatable bonds is 8. The van der Waals surface area contributed by atoms with E-state index in [4.69, 9.17) is 9.84 Å². The molecule has 5 heteroatoms. The van der Waals surface area contributed by atoms with E-state index in [1.54, 1.807) is 7.11 Å². The molecule has 0 rings (SSSR count). The molecular formula is C9H20N2O3. The van der Waals surface area contributed by atoms with Gasteiger partial charge in [0.25, 0.3) is 0 Å². The minimum Gasteiger partial charge on any atom is -0.395 e. The van der Waals surface area contributed by atoms with Crippen molar-refractivity contribution in [3.8, 4) is 0 Å². The zero-order chi connectivity index (χ0) is 10.8. The van der Waals surface area contributed by atoms with E-state index >= 15 is 0 Å². The maximum absolute atomic E-state index is 11.2. The number of aliphatic hydroxyl groups excluding tert-OH is 1. The summed E-state index contributed by atoms with van der Waals surface area (Å²) in [5, 5.41) is 11.1. The van der Waals surface area contributed by atoms with E-state index in [0.29, 0.717) is 19.7 Å². The van der Waals surface area contributed by atoms with Crippen molar-refractivity contribution >= 4 is 5.91 Å². The highest BCUT2D eigenvalue weighted by molar-refractivity contribution is 5.77. The Bertz CT molecular complexity index is 153. The minimum absolute atomic E-state index is 0.0179. The Kier molecular flexibility index (Phi) is 8.51. The average Bonchev–Trinajstić information content (AvgIpc) is 2.21. The van der Waals surface area contributed by atoms with Crippen LogP contribution in [0.25, 0.3) is 0 Å². The van der Waals surface area contributed by atoms with Crippen molar-refractivity contribution in [1.29, 1.82) is 0 Å². The van der Waals surface area contributed by atoms with Crippen LogP contribution in [0.2, 0.25) is 0 Å². The first-order chi connectivity index (χ1) is 6.74. The quantitative estimate of drug-likeness (QED) is 0.536. The van der Waals surface area contributed by atoms with Gasteiger partial charge >= 0.3 is 0 Å². The van der Waals surface area contributed by atoms with Crippen molar-refractivity contribution in [2.24, 2.45) is 0 Å². The Morgan fingerprint density at radius 1 is 1.57 bits per heavy atom. The number of likely N-dealkylation sites (N-methyl/N-ethyl adjacent to an activating group) is 1. The Morgan fingerprint density at radius 2 is 2.29 bits per heavy atom. The van der Waals surface area contributed by atoms with E-state index in [9.17, 15) is 4.79 Å². The fourth-order valence-electron chi connectivity index (χ4n) is 1.02. The number of nitrogens with one attached hydrogen (secondary N) is 1. The molecule has 0 radical (unpaired) electrons. The summed E-state index contributed by atoms with van der Waals surface area (Å²) in [6.07, 6.45) is 0. The SMILES string of the molecule is CCN(CCOC)CC(=O)NCCO. The molecule has 5 nitrogen and oxygen atoms in total. The molecule has 0 heterocycles. The summed E-state index contributed by atoms with van der Waals surface area (Å²) in [4.78, 5) is 13.2. The topological polar surface area (TPSA) is 61.8 Å². The van der Waals surface area contributed by atoms with Gasteiger partial charge in [0.05, 0.1) is 19.8 Å². The summed E-state index contributed by atoms with van der Waals surface area (Å²) in [7, 11) is 1.64. The Hall–Kier alpha value is -0.650. The second-order valence-corrected chi connectivity index (χ2v) is 2.94. The van der Waals surface area contributed by atoms with E-state index in [1.807, 2.05) is 11.8 Å². The fourth-order valence-corrected chi connectivity index (χ4v) is 1.02. The minimum atomic E-state index is -0.0583. The predicted octanol–water partition coefficient (Wildman–Crippen LogP) is -0.937. The van der Waals surface area contributed by atoms with Crippen LogP contribution >= 0.6 is 0 Å². The number of amides is 1. The van der Waals surface area contributed by atoms with E-state index in [2.05, 4.69) is 5.32 Å². The molecule has 0 aromatic rings. The number of carbonyl (C=O) groups is 1. The summed E-state index contributed by atoms with van der Waals surface area (Å²) in [6.45, 7) is 4.85. The third kappa shape index (κ3) is 6.82.